The largest absolute Gasteiger partial charge is 0.455 e. The number of carbonyl (C=O) groups excluding carboxylic acids is 1. The average molecular weight is 203 g/mol. The molecular weight excluding hydrogens is 189 g/mol. The molecule has 1 saturated heterocycles. The summed E-state index contributed by atoms with van der Waals surface area (Å²) < 4.78 is 10.7. The number of thioether (sulfide) groups is 1. The number of hydrogen-bond donors (Lipinski definition) is 0. The second-order valence-electron chi connectivity index (χ2n) is 3.10. The van der Waals surface area contributed by atoms with Gasteiger partial charge in [-0.15, -0.1) is 11.8 Å². The van der Waals surface area contributed by atoms with Crippen LogP contribution in [0.25, 0.3) is 0 Å². The van der Waals surface area contributed by atoms with E-state index >= 15 is 0 Å². The summed E-state index contributed by atoms with van der Waals surface area (Å²) in [7, 11) is 3.14. The molecule has 2 unspecified atom stereocenters. The van der Waals surface area contributed by atoms with Crippen molar-refractivity contribution in [3.63, 3.8) is 0 Å². The van der Waals surface area contributed by atoms with Gasteiger partial charge >= 0.3 is 7.12 Å². The van der Waals surface area contributed by atoms with Gasteiger partial charge in [0.2, 0.25) is 0 Å². The predicted octanol–water partition coefficient (Wildman–Crippen LogP) is 0.297. The lowest BCUT2D eigenvalue weighted by Gasteiger charge is -2.19. The lowest BCUT2D eigenvalue weighted by atomic mass is 9.97. The molecule has 0 saturated carbocycles. The Morgan fingerprint density at radius 1 is 1.46 bits per heavy atom. The molecular formula is C7H14BNO3S. The molecule has 1 heterocycles. The van der Waals surface area contributed by atoms with Gasteiger partial charge < -0.3 is 14.2 Å². The van der Waals surface area contributed by atoms with E-state index < -0.39 is 6.10 Å². The molecule has 0 spiro atoms. The molecule has 1 aliphatic heterocycles. The van der Waals surface area contributed by atoms with E-state index in [0.717, 1.165) is 0 Å². The lowest BCUT2D eigenvalue weighted by Crippen LogP contribution is -2.38. The van der Waals surface area contributed by atoms with Crippen LogP contribution in [0.3, 0.4) is 0 Å². The standard InChI is InChI=1S/C7H14BNO3S/c1-8-11-5(6(10)9(2)3)7(12-8)13-4/h5,7H,1-4H3. The summed E-state index contributed by atoms with van der Waals surface area (Å²) in [6.07, 6.45) is 1.45. The van der Waals surface area contributed by atoms with Crippen LogP contribution in [-0.2, 0) is 14.1 Å². The molecule has 1 aliphatic rings. The number of amides is 1. The van der Waals surface area contributed by atoms with E-state index in [1.54, 1.807) is 20.9 Å². The molecule has 0 bridgehead atoms. The second kappa shape index (κ2) is 4.35. The first kappa shape index (κ1) is 10.9. The SMILES string of the molecule is CSC1OB(C)OC1C(=O)N(C)C. The van der Waals surface area contributed by atoms with E-state index in [1.807, 2.05) is 6.26 Å². The highest BCUT2D eigenvalue weighted by Gasteiger charge is 2.41. The number of likely N-dealkylation sites (N-methyl/N-ethyl adjacent to an activating group) is 1. The Balaban J connectivity index is 2.62. The molecule has 4 nitrogen and oxygen atoms in total. The van der Waals surface area contributed by atoms with Crippen molar-refractivity contribution in [1.82, 2.24) is 4.90 Å². The van der Waals surface area contributed by atoms with Gasteiger partial charge in [0.15, 0.2) is 6.10 Å². The summed E-state index contributed by atoms with van der Waals surface area (Å²) >= 11 is 1.50. The Morgan fingerprint density at radius 3 is 2.54 bits per heavy atom. The number of carbonyl (C=O) groups is 1. The highest BCUT2D eigenvalue weighted by molar-refractivity contribution is 7.99. The molecule has 0 aromatic heterocycles. The van der Waals surface area contributed by atoms with Crippen LogP contribution in [0.5, 0.6) is 0 Å². The van der Waals surface area contributed by atoms with E-state index in [0.29, 0.717) is 0 Å². The fourth-order valence-corrected chi connectivity index (χ4v) is 1.87. The fourth-order valence-electron chi connectivity index (χ4n) is 1.17. The number of hydrogen-bond acceptors (Lipinski definition) is 4. The van der Waals surface area contributed by atoms with E-state index in [-0.39, 0.29) is 18.5 Å². The van der Waals surface area contributed by atoms with Gasteiger partial charge in [-0.05, 0) is 13.1 Å². The van der Waals surface area contributed by atoms with Crippen LogP contribution in [-0.4, -0.2) is 49.8 Å². The van der Waals surface area contributed by atoms with Crippen LogP contribution in [0.2, 0.25) is 6.82 Å². The van der Waals surface area contributed by atoms with Crippen molar-refractivity contribution in [2.75, 3.05) is 20.4 Å². The first-order valence-corrected chi connectivity index (χ1v) is 5.40. The molecule has 74 valence electrons. The van der Waals surface area contributed by atoms with Crippen molar-refractivity contribution in [2.24, 2.45) is 0 Å². The van der Waals surface area contributed by atoms with Gasteiger partial charge in [-0.3, -0.25) is 4.79 Å². The summed E-state index contributed by atoms with van der Waals surface area (Å²) in [5.41, 5.74) is -0.176. The fraction of sp³-hybridized carbons (Fsp3) is 0.857. The maximum atomic E-state index is 11.6. The van der Waals surface area contributed by atoms with Crippen molar-refractivity contribution in [3.8, 4) is 0 Å². The normalized spacial score (nSPS) is 27.8. The maximum absolute atomic E-state index is 11.6. The Labute approximate surface area is 83.1 Å². The molecule has 0 N–H and O–H groups in total. The van der Waals surface area contributed by atoms with Crippen molar-refractivity contribution in [3.05, 3.63) is 0 Å². The zero-order chi connectivity index (χ0) is 10.0. The molecule has 0 aromatic rings. The first-order chi connectivity index (χ1) is 6.06. The van der Waals surface area contributed by atoms with Crippen molar-refractivity contribution in [1.29, 1.82) is 0 Å². The number of nitrogens with zero attached hydrogens (tertiary/aromatic N) is 1. The average Bonchev–Trinajstić information content (AvgIpc) is 2.45. The zero-order valence-corrected chi connectivity index (χ0v) is 9.13. The van der Waals surface area contributed by atoms with Gasteiger partial charge in [0.1, 0.15) is 5.44 Å². The van der Waals surface area contributed by atoms with Gasteiger partial charge in [-0.1, -0.05) is 0 Å². The third-order valence-electron chi connectivity index (χ3n) is 1.83. The molecule has 2 atom stereocenters. The van der Waals surface area contributed by atoms with Crippen molar-refractivity contribution < 1.29 is 14.1 Å². The molecule has 0 aromatic carbocycles. The Bertz CT molecular complexity index is 202. The van der Waals surface area contributed by atoms with Crippen LogP contribution in [0, 0.1) is 0 Å². The quantitative estimate of drug-likeness (QED) is 0.605. The van der Waals surface area contributed by atoms with Gasteiger partial charge in [0.25, 0.3) is 5.91 Å². The van der Waals surface area contributed by atoms with E-state index in [2.05, 4.69) is 0 Å². The van der Waals surface area contributed by atoms with E-state index in [4.69, 9.17) is 9.31 Å². The van der Waals surface area contributed by atoms with Gasteiger partial charge in [0.05, 0.1) is 0 Å². The lowest BCUT2D eigenvalue weighted by molar-refractivity contribution is -0.135. The van der Waals surface area contributed by atoms with E-state index in [9.17, 15) is 4.79 Å². The summed E-state index contributed by atoms with van der Waals surface area (Å²) in [6, 6.07) is 0. The minimum absolute atomic E-state index is 0.0382. The number of rotatable bonds is 2. The van der Waals surface area contributed by atoms with Gasteiger partial charge in [0, 0.05) is 14.1 Å². The molecule has 6 heteroatoms. The molecule has 0 radical (unpaired) electrons. The second-order valence-corrected chi connectivity index (χ2v) is 4.03. The molecule has 13 heavy (non-hydrogen) atoms. The molecule has 1 fully saturated rings. The van der Waals surface area contributed by atoms with Crippen LogP contribution < -0.4 is 0 Å². The van der Waals surface area contributed by atoms with Gasteiger partial charge in [-0.25, -0.2) is 0 Å². The smallest absolute Gasteiger partial charge is 0.397 e. The Kier molecular flexibility index (Phi) is 3.64. The van der Waals surface area contributed by atoms with E-state index in [1.165, 1.54) is 16.7 Å². The van der Waals surface area contributed by atoms with Crippen LogP contribution >= 0.6 is 11.8 Å². The summed E-state index contributed by atoms with van der Waals surface area (Å²) in [5.74, 6) is -0.0382. The highest BCUT2D eigenvalue weighted by Crippen LogP contribution is 2.25. The molecule has 0 aliphatic carbocycles. The Hall–Kier alpha value is -0.195. The Morgan fingerprint density at radius 2 is 2.08 bits per heavy atom. The molecule has 1 rings (SSSR count). The third kappa shape index (κ3) is 2.39. The maximum Gasteiger partial charge on any atom is 0.455 e. The predicted molar refractivity (Wildman–Crippen MR) is 53.6 cm³/mol. The minimum Gasteiger partial charge on any atom is -0.397 e. The van der Waals surface area contributed by atoms with Gasteiger partial charge in [-0.2, -0.15) is 0 Å². The minimum atomic E-state index is -0.458. The summed E-state index contributed by atoms with van der Waals surface area (Å²) in [4.78, 5) is 13.1. The monoisotopic (exact) mass is 203 g/mol. The summed E-state index contributed by atoms with van der Waals surface area (Å²) in [6.45, 7) is 1.80. The van der Waals surface area contributed by atoms with Crippen molar-refractivity contribution >= 4 is 24.8 Å². The highest BCUT2D eigenvalue weighted by atomic mass is 32.2. The van der Waals surface area contributed by atoms with Crippen LogP contribution in [0.1, 0.15) is 0 Å². The summed E-state index contributed by atoms with van der Waals surface area (Å²) in [5, 5.41) is 0. The molecule has 1 amide bonds. The van der Waals surface area contributed by atoms with Crippen molar-refractivity contribution in [2.45, 2.75) is 18.4 Å². The van der Waals surface area contributed by atoms with Crippen LogP contribution in [0.4, 0.5) is 0 Å². The zero-order valence-electron chi connectivity index (χ0n) is 8.31. The third-order valence-corrected chi connectivity index (χ3v) is 2.65. The van der Waals surface area contributed by atoms with Crippen LogP contribution in [0.15, 0.2) is 0 Å². The first-order valence-electron chi connectivity index (χ1n) is 4.11. The topological polar surface area (TPSA) is 38.8 Å².